The van der Waals surface area contributed by atoms with Gasteiger partial charge in [-0.2, -0.15) is 0 Å². The summed E-state index contributed by atoms with van der Waals surface area (Å²) in [6.45, 7) is 24.4. The van der Waals surface area contributed by atoms with Crippen molar-refractivity contribution in [3.8, 4) is 0 Å². The highest BCUT2D eigenvalue weighted by Crippen LogP contribution is 2.15. The molecule has 83 heavy (non-hydrogen) atoms. The third-order valence-corrected chi connectivity index (χ3v) is 16.3. The molecule has 0 aliphatic heterocycles. The Bertz CT molecular complexity index is 1390. The molecule has 0 radical (unpaired) electrons. The van der Waals surface area contributed by atoms with Crippen LogP contribution in [-0.2, 0) is 9.59 Å². The molecular formula is C69H144N12O2. The van der Waals surface area contributed by atoms with Crippen molar-refractivity contribution in [3.63, 3.8) is 0 Å². The summed E-state index contributed by atoms with van der Waals surface area (Å²) in [5.41, 5.74) is 23.1. The monoisotopic (exact) mass is 1170 g/mol. The fourth-order valence-corrected chi connectivity index (χ4v) is 11.0. The van der Waals surface area contributed by atoms with E-state index in [4.69, 9.17) is 22.9 Å². The molecule has 492 valence electrons. The van der Waals surface area contributed by atoms with E-state index in [2.05, 4.69) is 93.7 Å². The summed E-state index contributed by atoms with van der Waals surface area (Å²) in [7, 11) is 0. The number of nitrogens with zero attached hydrogens (tertiary/aromatic N) is 2. The van der Waals surface area contributed by atoms with Gasteiger partial charge in [-0.15, -0.1) is 0 Å². The predicted octanol–water partition coefficient (Wildman–Crippen LogP) is 11.6. The van der Waals surface area contributed by atoms with Gasteiger partial charge in [0.1, 0.15) is 0 Å². The summed E-state index contributed by atoms with van der Waals surface area (Å²) in [6, 6.07) is -0.437. The number of rotatable bonds is 68. The fourth-order valence-electron chi connectivity index (χ4n) is 11.0. The van der Waals surface area contributed by atoms with Crippen LogP contribution in [0.4, 0.5) is 0 Å². The zero-order valence-corrected chi connectivity index (χ0v) is 55.5. The zero-order valence-electron chi connectivity index (χ0n) is 55.5. The van der Waals surface area contributed by atoms with Gasteiger partial charge in [-0.3, -0.25) is 9.59 Å². The molecule has 2 amide bonds. The minimum atomic E-state index is -0.221. The molecule has 0 saturated carbocycles. The second-order valence-electron chi connectivity index (χ2n) is 24.9. The largest absolute Gasteiger partial charge is 0.354 e. The molecule has 4 unspecified atom stereocenters. The lowest BCUT2D eigenvalue weighted by atomic mass is 10.1. The van der Waals surface area contributed by atoms with Crippen LogP contribution in [0, 0.1) is 11.8 Å². The van der Waals surface area contributed by atoms with E-state index in [-0.39, 0.29) is 23.9 Å². The van der Waals surface area contributed by atoms with E-state index < -0.39 is 0 Å². The summed E-state index contributed by atoms with van der Waals surface area (Å²) >= 11 is 0. The van der Waals surface area contributed by atoms with Gasteiger partial charge in [0, 0.05) is 39.3 Å². The maximum absolute atomic E-state index is 13.8. The number of nitrogens with one attached hydrogen (secondary N) is 6. The van der Waals surface area contributed by atoms with Crippen LogP contribution in [-0.4, -0.2) is 152 Å². The standard InChI is InChI=1S/C69H144N12O2/c1-5-7-9-11-13-15-17-19-21-23-25-27-29-31-33-37-56-80(62-64(3)60-78-68(82)66(76-54-42-48-72)44-39-51-74-50-36-35-46-70)58-59-81(57-38-34-32-30-28-26-24-22-20-18-16-14-12-10-8-6-2)63-65(4)61-79-69(83)67(77-55-43-49-73)45-40-52-75-53-41-47-71/h19-22,64-67,74-77H,5-18,23-63,70-73H2,1-4H3,(H,78,82)(H,79,83)/b21-19-,22-20-. The lowest BCUT2D eigenvalue weighted by molar-refractivity contribution is -0.124. The molecule has 0 aliphatic carbocycles. The van der Waals surface area contributed by atoms with Crippen molar-refractivity contribution in [3.05, 3.63) is 24.3 Å². The van der Waals surface area contributed by atoms with E-state index in [1.807, 2.05) is 0 Å². The number of nitrogens with two attached hydrogens (primary N) is 4. The van der Waals surface area contributed by atoms with Crippen molar-refractivity contribution in [2.45, 2.75) is 277 Å². The Labute approximate surface area is 515 Å². The van der Waals surface area contributed by atoms with Crippen molar-refractivity contribution >= 4 is 11.8 Å². The second kappa shape index (κ2) is 66.0. The van der Waals surface area contributed by atoms with Gasteiger partial charge in [0.05, 0.1) is 12.1 Å². The Balaban J connectivity index is 5.84. The minimum Gasteiger partial charge on any atom is -0.354 e. The molecule has 0 bridgehead atoms. The van der Waals surface area contributed by atoms with E-state index in [9.17, 15) is 9.59 Å². The summed E-state index contributed by atoms with van der Waals surface area (Å²) in [5.74, 6) is 0.830. The van der Waals surface area contributed by atoms with E-state index >= 15 is 0 Å². The van der Waals surface area contributed by atoms with Crippen LogP contribution in [0.5, 0.6) is 0 Å². The van der Waals surface area contributed by atoms with Crippen LogP contribution in [0.15, 0.2) is 24.3 Å². The van der Waals surface area contributed by atoms with Gasteiger partial charge >= 0.3 is 0 Å². The van der Waals surface area contributed by atoms with Crippen LogP contribution in [0.25, 0.3) is 0 Å². The summed E-state index contributed by atoms with van der Waals surface area (Å²) in [5, 5.41) is 20.8. The van der Waals surface area contributed by atoms with Gasteiger partial charge in [-0.05, 0) is 212 Å². The number of hydrogen-bond donors (Lipinski definition) is 10. The minimum absolute atomic E-state index is 0.0993. The number of hydrogen-bond acceptors (Lipinski definition) is 12. The summed E-state index contributed by atoms with van der Waals surface area (Å²) in [6.07, 6.45) is 54.7. The second-order valence-corrected chi connectivity index (χ2v) is 24.9. The summed E-state index contributed by atoms with van der Waals surface area (Å²) < 4.78 is 0. The van der Waals surface area contributed by atoms with Crippen LogP contribution < -0.4 is 54.8 Å². The van der Waals surface area contributed by atoms with Crippen molar-refractivity contribution < 1.29 is 9.59 Å². The first-order valence-corrected chi connectivity index (χ1v) is 35.7. The molecule has 0 aromatic carbocycles. The highest BCUT2D eigenvalue weighted by atomic mass is 16.2. The van der Waals surface area contributed by atoms with E-state index in [1.165, 1.54) is 180 Å². The SMILES string of the molecule is CCCCCCCC/C=C\CCCCCCCCN(CCN(CCCCCCCC/C=C\CCCCCCCC)CC(C)CNC(=O)C(CCCNCCCCN)NCCCN)CC(C)CNC(=O)C(CCCNCCCN)NCCCN. The Morgan fingerprint density at radius 1 is 0.361 bits per heavy atom. The lowest BCUT2D eigenvalue weighted by Crippen LogP contribution is -2.48. The molecule has 0 saturated heterocycles. The van der Waals surface area contributed by atoms with Gasteiger partial charge in [0.2, 0.25) is 11.8 Å². The van der Waals surface area contributed by atoms with Crippen molar-refractivity contribution in [1.82, 2.24) is 41.7 Å². The number of amides is 2. The van der Waals surface area contributed by atoms with Gasteiger partial charge in [-0.1, -0.05) is 168 Å². The quantitative estimate of drug-likeness (QED) is 0.0203. The first kappa shape index (κ1) is 81.0. The number of allylic oxidation sites excluding steroid dienone is 4. The molecule has 0 fully saturated rings. The molecule has 0 aliphatic rings. The average Bonchev–Trinajstić information content (AvgIpc) is 3.52. The highest BCUT2D eigenvalue weighted by Gasteiger charge is 2.21. The van der Waals surface area contributed by atoms with Gasteiger partial charge in [0.15, 0.2) is 0 Å². The van der Waals surface area contributed by atoms with E-state index in [0.29, 0.717) is 44.6 Å². The molecule has 14 N–H and O–H groups in total. The van der Waals surface area contributed by atoms with Crippen LogP contribution in [0.3, 0.4) is 0 Å². The molecule has 0 heterocycles. The number of carbonyl (C=O) groups is 2. The fraction of sp³-hybridized carbons (Fsp3) is 0.913. The Morgan fingerprint density at radius 2 is 0.675 bits per heavy atom. The first-order valence-electron chi connectivity index (χ1n) is 35.7. The average molecular weight is 1170 g/mol. The van der Waals surface area contributed by atoms with Crippen molar-refractivity contribution in [1.29, 1.82) is 0 Å². The number of carbonyl (C=O) groups excluding carboxylic acids is 2. The lowest BCUT2D eigenvalue weighted by Gasteiger charge is -2.31. The van der Waals surface area contributed by atoms with Gasteiger partial charge < -0.3 is 64.6 Å². The van der Waals surface area contributed by atoms with Crippen LogP contribution in [0.2, 0.25) is 0 Å². The van der Waals surface area contributed by atoms with Crippen molar-refractivity contribution in [2.24, 2.45) is 34.8 Å². The van der Waals surface area contributed by atoms with Crippen LogP contribution in [0.1, 0.15) is 265 Å². The molecule has 4 atom stereocenters. The molecule has 0 aromatic heterocycles. The highest BCUT2D eigenvalue weighted by molar-refractivity contribution is 5.82. The van der Waals surface area contributed by atoms with Gasteiger partial charge in [-0.25, -0.2) is 0 Å². The maximum Gasteiger partial charge on any atom is 0.237 e. The maximum atomic E-state index is 13.8. The Kier molecular flexibility index (Phi) is 64.4. The third kappa shape index (κ3) is 57.5. The third-order valence-electron chi connectivity index (χ3n) is 16.3. The van der Waals surface area contributed by atoms with Crippen molar-refractivity contribution in [2.75, 3.05) is 118 Å². The Hall–Kier alpha value is -1.98. The molecular weight excluding hydrogens is 1030 g/mol. The molecule has 0 spiro atoms. The normalized spacial score (nSPS) is 13.5. The van der Waals surface area contributed by atoms with E-state index in [1.54, 1.807) is 0 Å². The zero-order chi connectivity index (χ0) is 60.6. The molecule has 14 nitrogen and oxygen atoms in total. The first-order chi connectivity index (χ1) is 40.8. The smallest absolute Gasteiger partial charge is 0.237 e. The van der Waals surface area contributed by atoms with Crippen LogP contribution >= 0.6 is 0 Å². The molecule has 0 aromatic rings. The topological polar surface area (TPSA) is 217 Å². The van der Waals surface area contributed by atoms with Gasteiger partial charge in [0.25, 0.3) is 0 Å². The van der Waals surface area contributed by atoms with E-state index in [0.717, 1.165) is 143 Å². The molecule has 0 rings (SSSR count). The predicted molar refractivity (Wildman–Crippen MR) is 363 cm³/mol. The molecule has 14 heteroatoms. The Morgan fingerprint density at radius 3 is 1.04 bits per heavy atom. The summed E-state index contributed by atoms with van der Waals surface area (Å²) in [4.78, 5) is 32.9. The number of unbranched alkanes of at least 4 members (excludes halogenated alkanes) is 25.